The van der Waals surface area contributed by atoms with Crippen LogP contribution in [-0.2, 0) is 4.79 Å². The molecule has 1 aliphatic heterocycles. The number of rotatable bonds is 20. The number of aliphatic imine (C=N–C) groups is 1. The first-order valence-electron chi connectivity index (χ1n) is 12.4. The van der Waals surface area contributed by atoms with Crippen molar-refractivity contribution in [2.24, 2.45) is 4.99 Å². The van der Waals surface area contributed by atoms with E-state index >= 15 is 0 Å². The molecule has 0 saturated carbocycles. The topological polar surface area (TPSA) is 69.9 Å². The van der Waals surface area contributed by atoms with Gasteiger partial charge in [-0.05, 0) is 6.42 Å². The van der Waals surface area contributed by atoms with Crippen LogP contribution in [0.2, 0.25) is 0 Å². The lowest BCUT2D eigenvalue weighted by molar-refractivity contribution is -0.829. The minimum Gasteiger partial charge on any atom is -0.477 e. The Labute approximate surface area is 179 Å². The van der Waals surface area contributed by atoms with Crippen LogP contribution in [0, 0.1) is 0 Å². The van der Waals surface area contributed by atoms with Gasteiger partial charge in [0.25, 0.3) is 0 Å². The lowest BCUT2D eigenvalue weighted by Gasteiger charge is -2.32. The Morgan fingerprint density at radius 1 is 0.862 bits per heavy atom. The summed E-state index contributed by atoms with van der Waals surface area (Å²) in [6.45, 7) is 4.24. The Bertz CT molecular complexity index is 453. The summed E-state index contributed by atoms with van der Waals surface area (Å²) in [6.07, 6.45) is 21.1. The van der Waals surface area contributed by atoms with E-state index in [4.69, 9.17) is 0 Å². The van der Waals surface area contributed by atoms with E-state index in [2.05, 4.69) is 11.9 Å². The third-order valence-electron chi connectivity index (χ3n) is 6.34. The van der Waals surface area contributed by atoms with E-state index in [1.54, 1.807) is 0 Å². The molecule has 5 heteroatoms. The first kappa shape index (κ1) is 26.1. The van der Waals surface area contributed by atoms with Gasteiger partial charge in [0.15, 0.2) is 12.4 Å². The molecule has 0 amide bonds. The molecule has 0 radical (unpaired) electrons. The smallest absolute Gasteiger partial charge is 0.359 e. The molecule has 0 fully saturated rings. The van der Waals surface area contributed by atoms with Crippen LogP contribution < -0.4 is 0 Å². The lowest BCUT2D eigenvalue weighted by atomic mass is 10.0. The Kier molecular flexibility index (Phi) is 15.1. The average molecular weight is 412 g/mol. The Morgan fingerprint density at radius 2 is 1.34 bits per heavy atom. The molecule has 0 aromatic rings. The molecule has 0 aromatic carbocycles. The summed E-state index contributed by atoms with van der Waals surface area (Å²) in [6, 6.07) is 0. The van der Waals surface area contributed by atoms with Crippen LogP contribution >= 0.6 is 0 Å². The Balaban J connectivity index is 1.98. The number of quaternary nitrogens is 1. The Hall–Kier alpha value is -0.940. The maximum Gasteiger partial charge on any atom is 0.359 e. The minimum absolute atomic E-state index is 0.0190. The number of carboxylic acids is 1. The van der Waals surface area contributed by atoms with Gasteiger partial charge in [0.1, 0.15) is 13.1 Å². The number of amidine groups is 1. The van der Waals surface area contributed by atoms with Crippen LogP contribution in [0.3, 0.4) is 0 Å². The minimum atomic E-state index is -0.801. The molecule has 5 nitrogen and oxygen atoms in total. The molecule has 0 spiro atoms. The van der Waals surface area contributed by atoms with Crippen LogP contribution in [0.4, 0.5) is 0 Å². The number of nitrogens with zero attached hydrogens (tertiary/aromatic N) is 2. The van der Waals surface area contributed by atoms with E-state index in [0.29, 0.717) is 17.6 Å². The van der Waals surface area contributed by atoms with Crippen molar-refractivity contribution in [3.8, 4) is 0 Å². The predicted molar refractivity (Wildman–Crippen MR) is 121 cm³/mol. The highest BCUT2D eigenvalue weighted by Crippen LogP contribution is 2.20. The fraction of sp³-hybridized carbons (Fsp3) is 0.917. The molecule has 0 saturated heterocycles. The lowest BCUT2D eigenvalue weighted by Crippen LogP contribution is -2.55. The monoisotopic (exact) mass is 411 g/mol. The second-order valence-corrected chi connectivity index (χ2v) is 8.87. The summed E-state index contributed by atoms with van der Waals surface area (Å²) in [5, 5.41) is 18.6. The molecular formula is C24H47N2O3+. The van der Waals surface area contributed by atoms with Crippen molar-refractivity contribution in [2.45, 2.75) is 110 Å². The molecule has 0 bridgehead atoms. The van der Waals surface area contributed by atoms with E-state index in [1.807, 2.05) is 0 Å². The zero-order chi connectivity index (χ0) is 21.2. The maximum absolute atomic E-state index is 11.2. The van der Waals surface area contributed by atoms with Crippen LogP contribution in [0.15, 0.2) is 4.99 Å². The van der Waals surface area contributed by atoms with Crippen molar-refractivity contribution in [1.82, 2.24) is 0 Å². The molecule has 1 rings (SSSR count). The molecule has 170 valence electrons. The summed E-state index contributed by atoms with van der Waals surface area (Å²) < 4.78 is 0.366. The van der Waals surface area contributed by atoms with Gasteiger partial charge in [-0.3, -0.25) is 4.48 Å². The van der Waals surface area contributed by atoms with Gasteiger partial charge < -0.3 is 10.2 Å². The van der Waals surface area contributed by atoms with Crippen LogP contribution in [0.25, 0.3) is 0 Å². The predicted octanol–water partition coefficient (Wildman–Crippen LogP) is 5.55. The molecule has 1 aliphatic rings. The fourth-order valence-electron chi connectivity index (χ4n) is 4.56. The van der Waals surface area contributed by atoms with E-state index in [-0.39, 0.29) is 13.2 Å². The highest BCUT2D eigenvalue weighted by Gasteiger charge is 2.39. The number of aliphatic hydroxyl groups is 1. The summed E-state index contributed by atoms with van der Waals surface area (Å²) >= 11 is 0. The van der Waals surface area contributed by atoms with Gasteiger partial charge in [-0.15, -0.1) is 0 Å². The summed E-state index contributed by atoms with van der Waals surface area (Å²) in [7, 11) is 0. The molecule has 0 aliphatic carbocycles. The summed E-state index contributed by atoms with van der Waals surface area (Å²) in [4.78, 5) is 15.8. The van der Waals surface area contributed by atoms with Gasteiger partial charge in [0, 0.05) is 6.42 Å². The molecule has 2 N–H and O–H groups in total. The number of unbranched alkanes of at least 4 members (excludes halogenated alkanes) is 14. The third-order valence-corrected chi connectivity index (χ3v) is 6.34. The normalized spacial score (nSPS) is 18.9. The number of carbonyl (C=O) groups is 1. The van der Waals surface area contributed by atoms with Crippen LogP contribution in [-0.4, -0.2) is 59.3 Å². The maximum atomic E-state index is 11.2. The van der Waals surface area contributed by atoms with Gasteiger partial charge in [0.2, 0.25) is 0 Å². The standard InChI is InChI=1S/C24H46N2O3/c1-2-3-4-5-6-7-8-9-10-11-12-13-14-15-16-17-23-25-18-19-26(23,20-21-27)22-24(28)29/h27H,2-22H2,1H3/p+1. The zero-order valence-electron chi connectivity index (χ0n) is 19.0. The summed E-state index contributed by atoms with van der Waals surface area (Å²) in [5.74, 6) is 0.195. The van der Waals surface area contributed by atoms with Crippen molar-refractivity contribution in [3.05, 3.63) is 0 Å². The van der Waals surface area contributed by atoms with E-state index in [1.165, 1.54) is 89.9 Å². The zero-order valence-corrected chi connectivity index (χ0v) is 19.0. The van der Waals surface area contributed by atoms with Gasteiger partial charge in [0.05, 0.1) is 13.2 Å². The molecule has 1 atom stereocenters. The highest BCUT2D eigenvalue weighted by atomic mass is 16.4. The number of aliphatic carboxylic acids is 1. The van der Waals surface area contributed by atoms with Gasteiger partial charge >= 0.3 is 5.97 Å². The number of carboxylic acid groups (broad SMARTS) is 1. The highest BCUT2D eigenvalue weighted by molar-refractivity contribution is 5.80. The number of hydrogen-bond acceptors (Lipinski definition) is 3. The van der Waals surface area contributed by atoms with Crippen molar-refractivity contribution in [1.29, 1.82) is 0 Å². The summed E-state index contributed by atoms with van der Waals surface area (Å²) in [5.41, 5.74) is 0. The van der Waals surface area contributed by atoms with E-state index < -0.39 is 5.97 Å². The largest absolute Gasteiger partial charge is 0.477 e. The van der Waals surface area contributed by atoms with Crippen molar-refractivity contribution in [2.75, 3.05) is 32.8 Å². The van der Waals surface area contributed by atoms with Crippen LogP contribution in [0.5, 0.6) is 0 Å². The van der Waals surface area contributed by atoms with Crippen LogP contribution in [0.1, 0.15) is 110 Å². The average Bonchev–Trinajstić information content (AvgIpc) is 3.06. The quantitative estimate of drug-likeness (QED) is 0.204. The number of hydrogen-bond donors (Lipinski definition) is 2. The SMILES string of the molecule is CCCCCCCCCCCCCCCCCC1=NCC[N+]1(CCO)CC(=O)O. The Morgan fingerprint density at radius 3 is 1.79 bits per heavy atom. The molecule has 1 heterocycles. The number of aliphatic hydroxyl groups excluding tert-OH is 1. The van der Waals surface area contributed by atoms with Gasteiger partial charge in [-0.2, -0.15) is 0 Å². The second kappa shape index (κ2) is 16.8. The molecule has 0 aromatic heterocycles. The fourth-order valence-corrected chi connectivity index (χ4v) is 4.56. The van der Waals surface area contributed by atoms with Crippen molar-refractivity contribution >= 4 is 11.8 Å². The van der Waals surface area contributed by atoms with Crippen molar-refractivity contribution in [3.63, 3.8) is 0 Å². The van der Waals surface area contributed by atoms with E-state index in [9.17, 15) is 15.0 Å². The first-order valence-corrected chi connectivity index (χ1v) is 12.4. The molecule has 1 unspecified atom stereocenters. The first-order chi connectivity index (χ1) is 14.1. The molecule has 29 heavy (non-hydrogen) atoms. The molecular weight excluding hydrogens is 364 g/mol. The second-order valence-electron chi connectivity index (χ2n) is 8.87. The third kappa shape index (κ3) is 11.7. The van der Waals surface area contributed by atoms with Gasteiger partial charge in [-0.25, -0.2) is 9.79 Å². The van der Waals surface area contributed by atoms with Crippen molar-refractivity contribution < 1.29 is 19.5 Å². The van der Waals surface area contributed by atoms with Gasteiger partial charge in [-0.1, -0.05) is 96.8 Å². The van der Waals surface area contributed by atoms with E-state index in [0.717, 1.165) is 25.2 Å².